The molecule has 4 aliphatic carbocycles. The quantitative estimate of drug-likeness (QED) is 0.167. The molecule has 0 aliphatic heterocycles. The molecular weight excluding hydrogens is 532 g/mol. The van der Waals surface area contributed by atoms with Crippen LogP contribution < -0.4 is 4.74 Å². The van der Waals surface area contributed by atoms with Crippen LogP contribution in [0.5, 0.6) is 11.5 Å². The third kappa shape index (κ3) is 6.32. The minimum Gasteiger partial charge on any atom is -0.504 e. The van der Waals surface area contributed by atoms with Crippen molar-refractivity contribution in [3.8, 4) is 11.5 Å². The molecule has 4 nitrogen and oxygen atoms in total. The summed E-state index contributed by atoms with van der Waals surface area (Å²) in [6.07, 6.45) is 19.6. The fraction of sp³-hybridized carbons (Fsp3) is 0.718. The van der Waals surface area contributed by atoms with E-state index in [4.69, 9.17) is 9.47 Å². The Bertz CT molecular complexity index is 1200. The first-order valence-electron chi connectivity index (χ1n) is 17.4. The van der Waals surface area contributed by atoms with Crippen molar-refractivity contribution in [2.45, 2.75) is 118 Å². The smallest absolute Gasteiger partial charge is 0.331 e. The van der Waals surface area contributed by atoms with Gasteiger partial charge in [-0.25, -0.2) is 4.79 Å². The summed E-state index contributed by atoms with van der Waals surface area (Å²) in [7, 11) is 1.52. The van der Waals surface area contributed by atoms with Crippen molar-refractivity contribution >= 4 is 12.0 Å². The molecule has 0 bridgehead atoms. The number of carbonyl (C=O) groups excluding carboxylic acids is 1. The van der Waals surface area contributed by atoms with Crippen LogP contribution in [-0.4, -0.2) is 24.3 Å². The van der Waals surface area contributed by atoms with Crippen molar-refractivity contribution in [2.24, 2.45) is 52.3 Å². The second-order valence-corrected chi connectivity index (χ2v) is 15.5. The predicted octanol–water partition coefficient (Wildman–Crippen LogP) is 10.0. The van der Waals surface area contributed by atoms with Crippen LogP contribution in [0.3, 0.4) is 0 Å². The zero-order chi connectivity index (χ0) is 30.9. The number of hydrogen-bond donors (Lipinski definition) is 1. The van der Waals surface area contributed by atoms with Crippen molar-refractivity contribution in [1.82, 2.24) is 0 Å². The second-order valence-electron chi connectivity index (χ2n) is 15.5. The number of methoxy groups -OCH3 is 1. The van der Waals surface area contributed by atoms with E-state index in [1.54, 1.807) is 29.8 Å². The number of benzene rings is 1. The lowest BCUT2D eigenvalue weighted by atomic mass is 9.47. The van der Waals surface area contributed by atoms with Gasteiger partial charge in [0.05, 0.1) is 7.11 Å². The van der Waals surface area contributed by atoms with Crippen LogP contribution in [0.1, 0.15) is 118 Å². The van der Waals surface area contributed by atoms with Gasteiger partial charge in [-0.15, -0.1) is 0 Å². The number of rotatable bonds is 10. The Morgan fingerprint density at radius 2 is 1.86 bits per heavy atom. The maximum atomic E-state index is 12.7. The molecule has 0 spiro atoms. The molecule has 3 saturated carbocycles. The van der Waals surface area contributed by atoms with E-state index in [1.165, 1.54) is 64.6 Å². The zero-order valence-corrected chi connectivity index (χ0v) is 28.0. The van der Waals surface area contributed by atoms with Crippen LogP contribution in [0.4, 0.5) is 0 Å². The lowest BCUT2D eigenvalue weighted by Crippen LogP contribution is -2.51. The molecule has 0 amide bonds. The summed E-state index contributed by atoms with van der Waals surface area (Å²) < 4.78 is 11.1. The first-order valence-corrected chi connectivity index (χ1v) is 17.4. The van der Waals surface area contributed by atoms with Crippen molar-refractivity contribution < 1.29 is 19.4 Å². The van der Waals surface area contributed by atoms with Gasteiger partial charge in [0.1, 0.15) is 6.10 Å². The van der Waals surface area contributed by atoms with Gasteiger partial charge in [-0.1, -0.05) is 72.1 Å². The van der Waals surface area contributed by atoms with E-state index >= 15 is 0 Å². The van der Waals surface area contributed by atoms with Crippen LogP contribution in [0.15, 0.2) is 35.9 Å². The van der Waals surface area contributed by atoms with Gasteiger partial charge in [0.25, 0.3) is 0 Å². The largest absolute Gasteiger partial charge is 0.504 e. The van der Waals surface area contributed by atoms with E-state index in [1.807, 2.05) is 0 Å². The maximum Gasteiger partial charge on any atom is 0.331 e. The average Bonchev–Trinajstić information content (AvgIpc) is 3.34. The van der Waals surface area contributed by atoms with Gasteiger partial charge in [0.15, 0.2) is 11.5 Å². The molecule has 5 rings (SSSR count). The Kier molecular flexibility index (Phi) is 9.74. The molecule has 0 aromatic heterocycles. The summed E-state index contributed by atoms with van der Waals surface area (Å²) in [5.74, 6) is 6.01. The molecule has 9 atom stereocenters. The predicted molar refractivity (Wildman–Crippen MR) is 176 cm³/mol. The van der Waals surface area contributed by atoms with Gasteiger partial charge in [0.2, 0.25) is 0 Å². The van der Waals surface area contributed by atoms with Crippen molar-refractivity contribution in [2.75, 3.05) is 7.11 Å². The molecule has 5 unspecified atom stereocenters. The highest BCUT2D eigenvalue weighted by Crippen LogP contribution is 2.67. The zero-order valence-electron chi connectivity index (χ0n) is 28.0. The number of hydrogen-bond acceptors (Lipinski definition) is 4. The fourth-order valence-electron chi connectivity index (χ4n) is 10.6. The Hall–Kier alpha value is -2.23. The van der Waals surface area contributed by atoms with Gasteiger partial charge >= 0.3 is 5.97 Å². The van der Waals surface area contributed by atoms with E-state index in [2.05, 4.69) is 47.6 Å². The Morgan fingerprint density at radius 1 is 1.07 bits per heavy atom. The second kappa shape index (κ2) is 13.0. The van der Waals surface area contributed by atoms with Crippen LogP contribution >= 0.6 is 0 Å². The minimum atomic E-state index is -0.298. The molecule has 4 aliphatic rings. The number of aromatic hydroxyl groups is 1. The standard InChI is InChI=1S/C39H58O4/c1-8-28(25(2)3)12-9-26(4)32-15-16-33-31-14-13-29-24-30(19-21-38(29,5)34(31)20-22-39(32,33)6)43-37(41)18-11-27-10-17-35(40)36(23-27)42-7/h10-11,13,17-18,23,25-26,28,30-34,40H,8-9,12,14-16,19-22,24H2,1-7H3/b18-11+/t26-,28?,30+,31?,32?,33?,34?,38+,39-/m1/s1. The number of esters is 1. The van der Waals surface area contributed by atoms with Crippen LogP contribution in [-0.2, 0) is 9.53 Å². The van der Waals surface area contributed by atoms with E-state index in [0.29, 0.717) is 11.2 Å². The highest BCUT2D eigenvalue weighted by Gasteiger charge is 2.59. The maximum absolute atomic E-state index is 12.7. The number of fused-ring (bicyclic) bond motifs is 5. The molecule has 4 heteroatoms. The summed E-state index contributed by atoms with van der Waals surface area (Å²) in [6.45, 7) is 15.0. The third-order valence-electron chi connectivity index (χ3n) is 13.2. The lowest BCUT2D eigenvalue weighted by Gasteiger charge is -2.58. The summed E-state index contributed by atoms with van der Waals surface area (Å²) in [6, 6.07) is 5.05. The van der Waals surface area contributed by atoms with Crippen LogP contribution in [0, 0.1) is 52.3 Å². The number of phenols is 1. The molecule has 1 aromatic rings. The van der Waals surface area contributed by atoms with E-state index < -0.39 is 0 Å². The Labute approximate surface area is 261 Å². The Morgan fingerprint density at radius 3 is 2.58 bits per heavy atom. The van der Waals surface area contributed by atoms with Crippen molar-refractivity contribution in [1.29, 1.82) is 0 Å². The first kappa shape index (κ1) is 32.2. The minimum absolute atomic E-state index is 0.0502. The van der Waals surface area contributed by atoms with Gasteiger partial charge in [0, 0.05) is 12.5 Å². The highest BCUT2D eigenvalue weighted by atomic mass is 16.5. The Balaban J connectivity index is 1.20. The fourth-order valence-corrected chi connectivity index (χ4v) is 10.6. The van der Waals surface area contributed by atoms with Crippen molar-refractivity contribution in [3.05, 3.63) is 41.5 Å². The number of phenolic OH excluding ortho intramolecular Hbond substituents is 1. The molecule has 0 radical (unpaired) electrons. The molecule has 0 saturated heterocycles. The topological polar surface area (TPSA) is 55.8 Å². The van der Waals surface area contributed by atoms with Gasteiger partial charge in [-0.05, 0) is 127 Å². The molecule has 0 heterocycles. The molecule has 1 N–H and O–H groups in total. The number of ether oxygens (including phenoxy) is 2. The molecule has 1 aromatic carbocycles. The van der Waals surface area contributed by atoms with E-state index in [0.717, 1.165) is 66.3 Å². The first-order chi connectivity index (χ1) is 20.5. The lowest BCUT2D eigenvalue weighted by molar-refractivity contribution is -0.145. The van der Waals surface area contributed by atoms with Gasteiger partial charge in [-0.2, -0.15) is 0 Å². The van der Waals surface area contributed by atoms with E-state index in [-0.39, 0.29) is 23.2 Å². The summed E-state index contributed by atoms with van der Waals surface area (Å²) in [5, 5.41) is 9.82. The molecular formula is C39H58O4. The summed E-state index contributed by atoms with van der Waals surface area (Å²) in [4.78, 5) is 12.7. The number of carbonyl (C=O) groups is 1. The summed E-state index contributed by atoms with van der Waals surface area (Å²) >= 11 is 0. The van der Waals surface area contributed by atoms with Gasteiger partial charge < -0.3 is 14.6 Å². The summed E-state index contributed by atoms with van der Waals surface area (Å²) in [5.41, 5.74) is 3.09. The van der Waals surface area contributed by atoms with Gasteiger partial charge in [-0.3, -0.25) is 0 Å². The van der Waals surface area contributed by atoms with Crippen molar-refractivity contribution in [3.63, 3.8) is 0 Å². The normalized spacial score (nSPS) is 35.1. The average molecular weight is 591 g/mol. The monoisotopic (exact) mass is 590 g/mol. The SMILES string of the molecule is CCC(CC[C@@H](C)C1CCC2C3CC=C4C[C@@H](OC(=O)/C=C/c5ccc(O)c(OC)c5)CC[C@]4(C)C3CC[C@@]21C)C(C)C. The third-order valence-corrected chi connectivity index (χ3v) is 13.2. The molecule has 43 heavy (non-hydrogen) atoms. The molecule has 3 fully saturated rings. The van der Waals surface area contributed by atoms with Crippen LogP contribution in [0.25, 0.3) is 6.08 Å². The van der Waals surface area contributed by atoms with Crippen LogP contribution in [0.2, 0.25) is 0 Å². The highest BCUT2D eigenvalue weighted by molar-refractivity contribution is 5.87. The number of allylic oxidation sites excluding steroid dienone is 1. The molecule has 238 valence electrons. The van der Waals surface area contributed by atoms with E-state index in [9.17, 15) is 9.90 Å².